The highest BCUT2D eigenvalue weighted by Gasteiger charge is 2.09. The summed E-state index contributed by atoms with van der Waals surface area (Å²) in [6.45, 7) is 0.535. The molecule has 0 aliphatic rings. The first kappa shape index (κ1) is 15.2. The number of nitrogens with zero attached hydrogens (tertiary/aromatic N) is 1. The summed E-state index contributed by atoms with van der Waals surface area (Å²) in [4.78, 5) is 19.2. The maximum atomic E-state index is 11.9. The predicted octanol–water partition coefficient (Wildman–Crippen LogP) is 1.18. The second-order valence-electron chi connectivity index (χ2n) is 4.69. The Labute approximate surface area is 123 Å². The highest BCUT2D eigenvalue weighted by Crippen LogP contribution is 2.10. The summed E-state index contributed by atoms with van der Waals surface area (Å²) < 4.78 is 22.7. The van der Waals surface area contributed by atoms with Crippen molar-refractivity contribution in [3.8, 4) is 0 Å². The van der Waals surface area contributed by atoms with Crippen LogP contribution in [0.1, 0.15) is 22.6 Å². The summed E-state index contributed by atoms with van der Waals surface area (Å²) in [5, 5.41) is 2.79. The number of carbonyl (C=O) groups excluding carboxylic acids is 1. The third kappa shape index (κ3) is 4.42. The fourth-order valence-corrected chi connectivity index (χ4v) is 2.48. The van der Waals surface area contributed by atoms with Crippen LogP contribution in [-0.4, -0.2) is 37.1 Å². The van der Waals surface area contributed by atoms with Crippen molar-refractivity contribution in [2.45, 2.75) is 17.7 Å². The highest BCUT2D eigenvalue weighted by molar-refractivity contribution is 7.90. The number of aromatic nitrogens is 2. The molecule has 0 spiro atoms. The average molecular weight is 307 g/mol. The van der Waals surface area contributed by atoms with Gasteiger partial charge in [-0.05, 0) is 30.7 Å². The zero-order valence-corrected chi connectivity index (χ0v) is 12.5. The van der Waals surface area contributed by atoms with Crippen LogP contribution in [0.3, 0.4) is 0 Å². The van der Waals surface area contributed by atoms with Crippen molar-refractivity contribution in [3.05, 3.63) is 48.0 Å². The number of aromatic amines is 1. The van der Waals surface area contributed by atoms with Crippen molar-refractivity contribution in [1.82, 2.24) is 15.3 Å². The van der Waals surface area contributed by atoms with Gasteiger partial charge >= 0.3 is 0 Å². The molecule has 21 heavy (non-hydrogen) atoms. The van der Waals surface area contributed by atoms with E-state index < -0.39 is 9.84 Å². The van der Waals surface area contributed by atoms with Gasteiger partial charge in [-0.25, -0.2) is 13.4 Å². The Bertz CT molecular complexity index is 692. The molecule has 2 aromatic rings. The Hall–Kier alpha value is -2.15. The van der Waals surface area contributed by atoms with E-state index in [-0.39, 0.29) is 10.8 Å². The van der Waals surface area contributed by atoms with E-state index >= 15 is 0 Å². The first-order chi connectivity index (χ1) is 9.97. The molecule has 1 heterocycles. The van der Waals surface area contributed by atoms with Crippen LogP contribution in [0, 0.1) is 0 Å². The quantitative estimate of drug-likeness (QED) is 0.784. The monoisotopic (exact) mass is 307 g/mol. The molecule has 0 unspecified atom stereocenters. The van der Waals surface area contributed by atoms with Gasteiger partial charge in [-0.1, -0.05) is 0 Å². The van der Waals surface area contributed by atoms with Crippen LogP contribution in [0.15, 0.2) is 41.6 Å². The molecule has 6 nitrogen and oxygen atoms in total. The Morgan fingerprint density at radius 2 is 2.00 bits per heavy atom. The minimum atomic E-state index is -3.23. The van der Waals surface area contributed by atoms with Crippen LogP contribution < -0.4 is 5.32 Å². The molecule has 0 radical (unpaired) electrons. The summed E-state index contributed by atoms with van der Waals surface area (Å²) in [7, 11) is -3.23. The maximum absolute atomic E-state index is 11.9. The van der Waals surface area contributed by atoms with Gasteiger partial charge in [0.25, 0.3) is 5.91 Å². The molecule has 2 rings (SSSR count). The van der Waals surface area contributed by atoms with E-state index in [1.54, 1.807) is 12.4 Å². The van der Waals surface area contributed by atoms with Gasteiger partial charge in [0.05, 0.1) is 4.90 Å². The number of benzene rings is 1. The number of rotatable bonds is 6. The molecule has 1 amide bonds. The van der Waals surface area contributed by atoms with Gasteiger partial charge in [-0.3, -0.25) is 4.79 Å². The average Bonchev–Trinajstić information content (AvgIpc) is 2.96. The molecule has 0 bridgehead atoms. The van der Waals surface area contributed by atoms with E-state index in [4.69, 9.17) is 0 Å². The predicted molar refractivity (Wildman–Crippen MR) is 78.8 cm³/mol. The Morgan fingerprint density at radius 1 is 1.29 bits per heavy atom. The van der Waals surface area contributed by atoms with Gasteiger partial charge in [-0.2, -0.15) is 0 Å². The topological polar surface area (TPSA) is 91.9 Å². The van der Waals surface area contributed by atoms with E-state index in [0.717, 1.165) is 24.9 Å². The lowest BCUT2D eigenvalue weighted by molar-refractivity contribution is 0.0953. The molecule has 1 aromatic carbocycles. The van der Waals surface area contributed by atoms with E-state index in [9.17, 15) is 13.2 Å². The molecule has 0 atom stereocenters. The molecular formula is C14H17N3O3S. The lowest BCUT2D eigenvalue weighted by Crippen LogP contribution is -2.24. The lowest BCUT2D eigenvalue weighted by atomic mass is 10.2. The number of hydrogen-bond acceptors (Lipinski definition) is 4. The number of carbonyl (C=O) groups is 1. The number of H-pyrrole nitrogens is 1. The van der Waals surface area contributed by atoms with Crippen molar-refractivity contribution in [1.29, 1.82) is 0 Å². The van der Waals surface area contributed by atoms with E-state index in [0.29, 0.717) is 12.1 Å². The van der Waals surface area contributed by atoms with Crippen molar-refractivity contribution in [2.75, 3.05) is 12.8 Å². The van der Waals surface area contributed by atoms with Crippen molar-refractivity contribution < 1.29 is 13.2 Å². The normalized spacial score (nSPS) is 11.3. The standard InChI is InChI=1S/C14H17N3O3S/c1-21(19,20)12-6-4-11(5-7-12)14(18)17-8-2-3-13-15-9-10-16-13/h4-7,9-10H,2-3,8H2,1H3,(H,15,16)(H,17,18). The maximum Gasteiger partial charge on any atom is 0.251 e. The lowest BCUT2D eigenvalue weighted by Gasteiger charge is -2.05. The van der Waals surface area contributed by atoms with Crippen LogP contribution in [0.5, 0.6) is 0 Å². The SMILES string of the molecule is CS(=O)(=O)c1ccc(C(=O)NCCCc2ncc[nH]2)cc1. The molecule has 1 aromatic heterocycles. The molecule has 0 aliphatic heterocycles. The zero-order chi connectivity index (χ0) is 15.3. The van der Waals surface area contributed by atoms with Gasteiger partial charge in [0.15, 0.2) is 9.84 Å². The smallest absolute Gasteiger partial charge is 0.251 e. The van der Waals surface area contributed by atoms with Crippen molar-refractivity contribution in [3.63, 3.8) is 0 Å². The Balaban J connectivity index is 1.83. The number of sulfone groups is 1. The first-order valence-electron chi connectivity index (χ1n) is 6.53. The van der Waals surface area contributed by atoms with E-state index in [1.165, 1.54) is 24.3 Å². The largest absolute Gasteiger partial charge is 0.352 e. The van der Waals surface area contributed by atoms with E-state index in [1.807, 2.05) is 0 Å². The summed E-state index contributed by atoms with van der Waals surface area (Å²) in [6, 6.07) is 5.90. The fraction of sp³-hybridized carbons (Fsp3) is 0.286. The van der Waals surface area contributed by atoms with Crippen LogP contribution >= 0.6 is 0 Å². The van der Waals surface area contributed by atoms with Crippen molar-refractivity contribution >= 4 is 15.7 Å². The molecule has 0 fully saturated rings. The molecule has 112 valence electrons. The highest BCUT2D eigenvalue weighted by atomic mass is 32.2. The van der Waals surface area contributed by atoms with Crippen LogP contribution in [-0.2, 0) is 16.3 Å². The summed E-state index contributed by atoms with van der Waals surface area (Å²) in [6.07, 6.45) is 6.13. The number of amides is 1. The second kappa shape index (κ2) is 6.53. The van der Waals surface area contributed by atoms with Gasteiger partial charge in [-0.15, -0.1) is 0 Å². The third-order valence-electron chi connectivity index (χ3n) is 2.98. The van der Waals surface area contributed by atoms with Crippen LogP contribution in [0.4, 0.5) is 0 Å². The van der Waals surface area contributed by atoms with Crippen LogP contribution in [0.2, 0.25) is 0 Å². The molecule has 0 saturated heterocycles. The summed E-state index contributed by atoms with van der Waals surface area (Å²) in [5.41, 5.74) is 0.445. The minimum Gasteiger partial charge on any atom is -0.352 e. The number of hydrogen-bond donors (Lipinski definition) is 2. The van der Waals surface area contributed by atoms with Gasteiger partial charge in [0.1, 0.15) is 5.82 Å². The molecule has 7 heteroatoms. The zero-order valence-electron chi connectivity index (χ0n) is 11.7. The number of aryl methyl sites for hydroxylation is 1. The summed E-state index contributed by atoms with van der Waals surface area (Å²) >= 11 is 0. The summed E-state index contributed by atoms with van der Waals surface area (Å²) in [5.74, 6) is 0.677. The van der Waals surface area contributed by atoms with Gasteiger partial charge < -0.3 is 10.3 Å². The molecule has 2 N–H and O–H groups in total. The Kier molecular flexibility index (Phi) is 4.74. The van der Waals surface area contributed by atoms with E-state index in [2.05, 4.69) is 15.3 Å². The van der Waals surface area contributed by atoms with Crippen LogP contribution in [0.25, 0.3) is 0 Å². The second-order valence-corrected chi connectivity index (χ2v) is 6.71. The van der Waals surface area contributed by atoms with Gasteiger partial charge in [0, 0.05) is 37.2 Å². The molecule has 0 aliphatic carbocycles. The Morgan fingerprint density at radius 3 is 2.57 bits per heavy atom. The third-order valence-corrected chi connectivity index (χ3v) is 4.10. The fourth-order valence-electron chi connectivity index (χ4n) is 1.85. The number of nitrogens with one attached hydrogen (secondary N) is 2. The number of imidazole rings is 1. The van der Waals surface area contributed by atoms with Crippen molar-refractivity contribution in [2.24, 2.45) is 0 Å². The first-order valence-corrected chi connectivity index (χ1v) is 8.42. The minimum absolute atomic E-state index is 0.205. The molecule has 0 saturated carbocycles. The van der Waals surface area contributed by atoms with Gasteiger partial charge in [0.2, 0.25) is 0 Å². The molecular weight excluding hydrogens is 290 g/mol.